The van der Waals surface area contributed by atoms with Crippen molar-refractivity contribution in [1.29, 1.82) is 5.26 Å². The zero-order valence-corrected chi connectivity index (χ0v) is 17.9. The molecular weight excluding hydrogens is 436 g/mol. The molecule has 0 radical (unpaired) electrons. The van der Waals surface area contributed by atoms with Crippen LogP contribution in [0.25, 0.3) is 22.1 Å². The van der Waals surface area contributed by atoms with Gasteiger partial charge in [-0.05, 0) is 24.1 Å². The number of Topliss-reactive ketones (excluding diaryl/α,β-unsaturated/α-hetero) is 1. The maximum absolute atomic E-state index is 12.5. The third-order valence-corrected chi connectivity index (χ3v) is 5.91. The van der Waals surface area contributed by atoms with Crippen molar-refractivity contribution in [3.8, 4) is 22.9 Å². The second kappa shape index (κ2) is 8.72. The molecule has 0 aliphatic heterocycles. The van der Waals surface area contributed by atoms with Crippen LogP contribution in [0.15, 0.2) is 63.1 Å². The predicted molar refractivity (Wildman–Crippen MR) is 119 cm³/mol. The van der Waals surface area contributed by atoms with E-state index in [-0.39, 0.29) is 23.0 Å². The number of ether oxygens (including phenoxy) is 1. The maximum Gasteiger partial charge on any atom is 0.336 e. The first-order valence-electron chi connectivity index (χ1n) is 9.26. The van der Waals surface area contributed by atoms with Gasteiger partial charge in [-0.2, -0.15) is 5.26 Å². The smallest absolute Gasteiger partial charge is 0.336 e. The van der Waals surface area contributed by atoms with Crippen molar-refractivity contribution in [2.45, 2.75) is 12.8 Å². The summed E-state index contributed by atoms with van der Waals surface area (Å²) in [7, 11) is 0. The van der Waals surface area contributed by atoms with Gasteiger partial charge in [0, 0.05) is 28.6 Å². The Kier molecular flexibility index (Phi) is 5.85. The van der Waals surface area contributed by atoms with Gasteiger partial charge in [-0.1, -0.05) is 41.9 Å². The van der Waals surface area contributed by atoms with Crippen LogP contribution in [0.5, 0.6) is 5.75 Å². The molecule has 1 unspecified atom stereocenters. The summed E-state index contributed by atoms with van der Waals surface area (Å²) in [6.45, 7) is 1.42. The summed E-state index contributed by atoms with van der Waals surface area (Å²) in [5, 5.41) is 12.5. The summed E-state index contributed by atoms with van der Waals surface area (Å²) in [6.07, 6.45) is 0. The Hall–Kier alpha value is -3.47. The fourth-order valence-electron chi connectivity index (χ4n) is 3.13. The van der Waals surface area contributed by atoms with Gasteiger partial charge in [0.25, 0.3) is 0 Å². The molecule has 8 heteroatoms. The highest BCUT2D eigenvalue weighted by molar-refractivity contribution is 7.09. The Bertz CT molecular complexity index is 1370. The standard InChI is InChI=1S/C23H15ClN2O4S/c1-13-12-31-23(26-13)17(10-25)19(27)11-29-21-9-20-16(7-18(21)24)15(8-22(28)30-20)14-5-3-2-4-6-14/h2-9,12,17H,11H2,1H3. The first-order valence-corrected chi connectivity index (χ1v) is 10.5. The highest BCUT2D eigenvalue weighted by Crippen LogP contribution is 2.35. The molecule has 2 aromatic heterocycles. The molecule has 0 saturated carbocycles. The van der Waals surface area contributed by atoms with E-state index in [0.29, 0.717) is 16.0 Å². The molecule has 154 valence electrons. The summed E-state index contributed by atoms with van der Waals surface area (Å²) in [5.74, 6) is -1.27. The predicted octanol–water partition coefficient (Wildman–Crippen LogP) is 5.13. The van der Waals surface area contributed by atoms with Crippen LogP contribution in [0, 0.1) is 18.3 Å². The monoisotopic (exact) mass is 450 g/mol. The van der Waals surface area contributed by atoms with Crippen LogP contribution in [0.3, 0.4) is 0 Å². The number of hydrogen-bond donors (Lipinski definition) is 0. The second-order valence-electron chi connectivity index (χ2n) is 6.77. The van der Waals surface area contributed by atoms with Crippen molar-refractivity contribution in [2.24, 2.45) is 0 Å². The average molecular weight is 451 g/mol. The molecule has 0 fully saturated rings. The highest BCUT2D eigenvalue weighted by Gasteiger charge is 2.24. The van der Waals surface area contributed by atoms with Crippen LogP contribution in [-0.4, -0.2) is 17.4 Å². The summed E-state index contributed by atoms with van der Waals surface area (Å²) >= 11 is 7.64. The van der Waals surface area contributed by atoms with Gasteiger partial charge in [-0.25, -0.2) is 9.78 Å². The lowest BCUT2D eigenvalue weighted by molar-refractivity contribution is -0.121. The summed E-state index contributed by atoms with van der Waals surface area (Å²) in [5.41, 5.74) is 2.04. The van der Waals surface area contributed by atoms with Gasteiger partial charge in [0.2, 0.25) is 0 Å². The molecule has 4 rings (SSSR count). The number of ketones is 1. The number of aromatic nitrogens is 1. The van der Waals surface area contributed by atoms with Gasteiger partial charge in [-0.15, -0.1) is 11.3 Å². The SMILES string of the molecule is Cc1csc(C(C#N)C(=O)COc2cc3oc(=O)cc(-c4ccccc4)c3cc2Cl)n1. The van der Waals surface area contributed by atoms with Gasteiger partial charge < -0.3 is 9.15 Å². The van der Waals surface area contributed by atoms with Crippen molar-refractivity contribution in [2.75, 3.05) is 6.61 Å². The van der Waals surface area contributed by atoms with Crippen LogP contribution in [0.2, 0.25) is 5.02 Å². The lowest BCUT2D eigenvalue weighted by atomic mass is 10.0. The number of aryl methyl sites for hydroxylation is 1. The Balaban J connectivity index is 1.63. The van der Waals surface area contributed by atoms with Crippen molar-refractivity contribution in [3.63, 3.8) is 0 Å². The lowest BCUT2D eigenvalue weighted by Gasteiger charge is -2.11. The third-order valence-electron chi connectivity index (χ3n) is 4.59. The van der Waals surface area contributed by atoms with Crippen molar-refractivity contribution >= 4 is 39.7 Å². The number of hydrogen-bond acceptors (Lipinski definition) is 7. The van der Waals surface area contributed by atoms with Crippen LogP contribution in [0.1, 0.15) is 16.6 Å². The number of carbonyl (C=O) groups is 1. The highest BCUT2D eigenvalue weighted by atomic mass is 35.5. The zero-order chi connectivity index (χ0) is 22.0. The maximum atomic E-state index is 12.5. The van der Waals surface area contributed by atoms with E-state index in [1.807, 2.05) is 36.4 Å². The van der Waals surface area contributed by atoms with E-state index in [9.17, 15) is 14.9 Å². The molecule has 0 aliphatic rings. The topological polar surface area (TPSA) is 93.2 Å². The van der Waals surface area contributed by atoms with Crippen molar-refractivity contribution < 1.29 is 13.9 Å². The quantitative estimate of drug-likeness (QED) is 0.378. The Morgan fingerprint density at radius 3 is 2.74 bits per heavy atom. The van der Waals surface area contributed by atoms with Crippen LogP contribution in [0.4, 0.5) is 0 Å². The molecule has 31 heavy (non-hydrogen) atoms. The van der Waals surface area contributed by atoms with Gasteiger partial charge >= 0.3 is 5.63 Å². The minimum Gasteiger partial charge on any atom is -0.484 e. The molecule has 0 saturated heterocycles. The number of benzene rings is 2. The van der Waals surface area contributed by atoms with Gasteiger partial charge in [0.05, 0.1) is 11.1 Å². The van der Waals surface area contributed by atoms with E-state index >= 15 is 0 Å². The number of fused-ring (bicyclic) bond motifs is 1. The molecule has 1 atom stereocenters. The second-order valence-corrected chi connectivity index (χ2v) is 8.07. The summed E-state index contributed by atoms with van der Waals surface area (Å²) in [4.78, 5) is 28.8. The van der Waals surface area contributed by atoms with Crippen LogP contribution in [-0.2, 0) is 4.79 Å². The summed E-state index contributed by atoms with van der Waals surface area (Å²) in [6, 6.07) is 15.9. The normalized spacial score (nSPS) is 11.8. The molecule has 0 aliphatic carbocycles. The molecule has 0 amide bonds. The number of carbonyl (C=O) groups excluding carboxylic acids is 1. The minimum absolute atomic E-state index is 0.183. The van der Waals surface area contributed by atoms with E-state index in [1.165, 1.54) is 23.5 Å². The molecule has 0 spiro atoms. The van der Waals surface area contributed by atoms with Crippen LogP contribution >= 0.6 is 22.9 Å². The molecule has 6 nitrogen and oxygen atoms in total. The number of halogens is 1. The first-order chi connectivity index (χ1) is 15.0. The van der Waals surface area contributed by atoms with E-state index < -0.39 is 17.3 Å². The first kappa shape index (κ1) is 20.8. The zero-order valence-electron chi connectivity index (χ0n) is 16.3. The average Bonchev–Trinajstić information content (AvgIpc) is 3.19. The molecule has 0 N–H and O–H groups in total. The third kappa shape index (κ3) is 4.36. The summed E-state index contributed by atoms with van der Waals surface area (Å²) < 4.78 is 10.9. The number of thiazole rings is 1. The van der Waals surface area contributed by atoms with Crippen LogP contribution < -0.4 is 10.4 Å². The molecule has 2 aromatic carbocycles. The number of rotatable bonds is 6. The number of nitriles is 1. The molecule has 4 aromatic rings. The molecule has 2 heterocycles. The minimum atomic E-state index is -1.01. The van der Waals surface area contributed by atoms with Crippen molar-refractivity contribution in [1.82, 2.24) is 4.98 Å². The van der Waals surface area contributed by atoms with Gasteiger partial charge in [-0.3, -0.25) is 4.79 Å². The fraction of sp³-hybridized carbons (Fsp3) is 0.130. The van der Waals surface area contributed by atoms with E-state index in [2.05, 4.69) is 4.98 Å². The molecule has 0 bridgehead atoms. The van der Waals surface area contributed by atoms with Crippen molar-refractivity contribution in [3.05, 3.63) is 80.1 Å². The van der Waals surface area contributed by atoms with Gasteiger partial charge in [0.1, 0.15) is 22.9 Å². The Labute approximate surface area is 186 Å². The van der Waals surface area contributed by atoms with Gasteiger partial charge in [0.15, 0.2) is 11.7 Å². The number of nitrogens with zero attached hydrogens (tertiary/aromatic N) is 2. The molecular formula is C23H15ClN2O4S. The Morgan fingerprint density at radius 1 is 1.29 bits per heavy atom. The fourth-order valence-corrected chi connectivity index (χ4v) is 4.21. The lowest BCUT2D eigenvalue weighted by Crippen LogP contribution is -2.19. The van der Waals surface area contributed by atoms with E-state index in [0.717, 1.165) is 11.3 Å². The van der Waals surface area contributed by atoms with E-state index in [1.54, 1.807) is 18.4 Å². The van der Waals surface area contributed by atoms with E-state index in [4.69, 9.17) is 20.8 Å². The largest absolute Gasteiger partial charge is 0.484 e. The Morgan fingerprint density at radius 2 is 2.06 bits per heavy atom.